The molecule has 0 bridgehead atoms. The van der Waals surface area contributed by atoms with Crippen molar-refractivity contribution < 1.29 is 9.53 Å². The zero-order valence-electron chi connectivity index (χ0n) is 11.4. The van der Waals surface area contributed by atoms with Crippen LogP contribution in [0.25, 0.3) is 10.9 Å². The van der Waals surface area contributed by atoms with E-state index in [2.05, 4.69) is 15.5 Å². The molecule has 106 valence electrons. The highest BCUT2D eigenvalue weighted by molar-refractivity contribution is 5.97. The van der Waals surface area contributed by atoms with Gasteiger partial charge in [-0.05, 0) is 25.0 Å². The number of benzene rings is 1. The maximum atomic E-state index is 12.0. The number of hydrogen-bond donors (Lipinski definition) is 2. The topological polar surface area (TPSA) is 67.0 Å². The van der Waals surface area contributed by atoms with Gasteiger partial charge in [-0.2, -0.15) is 5.10 Å². The Morgan fingerprint density at radius 2 is 2.25 bits per heavy atom. The van der Waals surface area contributed by atoms with Gasteiger partial charge in [-0.3, -0.25) is 9.89 Å². The molecule has 1 fully saturated rings. The predicted molar refractivity (Wildman–Crippen MR) is 76.6 cm³/mol. The molecule has 0 spiro atoms. The number of carbonyl (C=O) groups excluding carboxylic acids is 1. The van der Waals surface area contributed by atoms with Gasteiger partial charge in [0.1, 0.15) is 0 Å². The van der Waals surface area contributed by atoms with E-state index in [1.807, 2.05) is 18.2 Å². The largest absolute Gasteiger partial charge is 0.376 e. The van der Waals surface area contributed by atoms with Crippen LogP contribution in [-0.4, -0.2) is 35.4 Å². The summed E-state index contributed by atoms with van der Waals surface area (Å²) < 4.78 is 5.72. The second-order valence-corrected chi connectivity index (χ2v) is 5.21. The summed E-state index contributed by atoms with van der Waals surface area (Å²) in [6.45, 7) is 1.14. The van der Waals surface area contributed by atoms with Crippen LogP contribution in [0.4, 0.5) is 0 Å². The van der Waals surface area contributed by atoms with Crippen LogP contribution in [0, 0.1) is 0 Å². The van der Waals surface area contributed by atoms with Crippen LogP contribution in [0.15, 0.2) is 24.4 Å². The van der Waals surface area contributed by atoms with Crippen molar-refractivity contribution in [2.24, 2.45) is 0 Å². The molecule has 0 unspecified atom stereocenters. The highest BCUT2D eigenvalue weighted by Crippen LogP contribution is 2.20. The SMILES string of the molecule is O=C(NCCOC1CCCC1)c1ccc2cn[nH]c2c1. The Balaban J connectivity index is 1.48. The molecule has 1 aliphatic rings. The van der Waals surface area contributed by atoms with E-state index in [-0.39, 0.29) is 5.91 Å². The van der Waals surface area contributed by atoms with Crippen LogP contribution in [0.2, 0.25) is 0 Å². The first-order valence-electron chi connectivity index (χ1n) is 7.16. The van der Waals surface area contributed by atoms with Crippen LogP contribution in [0.3, 0.4) is 0 Å². The van der Waals surface area contributed by atoms with Crippen LogP contribution in [0.5, 0.6) is 0 Å². The normalized spacial score (nSPS) is 15.8. The monoisotopic (exact) mass is 273 g/mol. The number of aromatic amines is 1. The van der Waals surface area contributed by atoms with Gasteiger partial charge < -0.3 is 10.1 Å². The lowest BCUT2D eigenvalue weighted by Gasteiger charge is -2.11. The van der Waals surface area contributed by atoms with E-state index < -0.39 is 0 Å². The minimum atomic E-state index is -0.0727. The smallest absolute Gasteiger partial charge is 0.251 e. The van der Waals surface area contributed by atoms with Gasteiger partial charge in [0.05, 0.1) is 24.4 Å². The molecule has 20 heavy (non-hydrogen) atoms. The zero-order chi connectivity index (χ0) is 13.8. The second-order valence-electron chi connectivity index (χ2n) is 5.21. The number of carbonyl (C=O) groups is 1. The molecule has 1 aliphatic carbocycles. The number of aromatic nitrogens is 2. The Labute approximate surface area is 117 Å². The van der Waals surface area contributed by atoms with Crippen LogP contribution in [-0.2, 0) is 4.74 Å². The third-order valence-corrected chi connectivity index (χ3v) is 3.75. The van der Waals surface area contributed by atoms with Crippen molar-refractivity contribution >= 4 is 16.8 Å². The van der Waals surface area contributed by atoms with Crippen LogP contribution in [0.1, 0.15) is 36.0 Å². The molecule has 5 nitrogen and oxygen atoms in total. The van der Waals surface area contributed by atoms with Gasteiger partial charge in [0.25, 0.3) is 5.91 Å². The van der Waals surface area contributed by atoms with E-state index in [4.69, 9.17) is 4.74 Å². The lowest BCUT2D eigenvalue weighted by atomic mass is 10.1. The maximum Gasteiger partial charge on any atom is 0.251 e. The summed E-state index contributed by atoms with van der Waals surface area (Å²) in [6.07, 6.45) is 6.98. The molecule has 2 aromatic rings. The van der Waals surface area contributed by atoms with Crippen molar-refractivity contribution in [1.29, 1.82) is 0 Å². The summed E-state index contributed by atoms with van der Waals surface area (Å²) in [6, 6.07) is 5.52. The molecule has 1 aromatic heterocycles. The van der Waals surface area contributed by atoms with E-state index in [9.17, 15) is 4.79 Å². The van der Waals surface area contributed by atoms with Gasteiger partial charge in [0.2, 0.25) is 0 Å². The minimum absolute atomic E-state index is 0.0727. The fraction of sp³-hybridized carbons (Fsp3) is 0.467. The van der Waals surface area contributed by atoms with E-state index in [0.717, 1.165) is 23.7 Å². The molecule has 1 heterocycles. The Morgan fingerprint density at radius 1 is 1.40 bits per heavy atom. The number of fused-ring (bicyclic) bond motifs is 1. The lowest BCUT2D eigenvalue weighted by molar-refractivity contribution is 0.0582. The van der Waals surface area contributed by atoms with Gasteiger partial charge in [-0.15, -0.1) is 0 Å². The van der Waals surface area contributed by atoms with Crippen molar-refractivity contribution in [3.05, 3.63) is 30.0 Å². The molecule has 1 aromatic carbocycles. The highest BCUT2D eigenvalue weighted by atomic mass is 16.5. The standard InChI is InChI=1S/C15H19N3O2/c19-15(16-7-8-20-13-3-1-2-4-13)11-5-6-12-10-17-18-14(12)9-11/h5-6,9-10,13H,1-4,7-8H2,(H,16,19)(H,17,18). The summed E-state index contributed by atoms with van der Waals surface area (Å²) >= 11 is 0. The molecule has 0 atom stereocenters. The number of hydrogen-bond acceptors (Lipinski definition) is 3. The minimum Gasteiger partial charge on any atom is -0.376 e. The average molecular weight is 273 g/mol. The predicted octanol–water partition coefficient (Wildman–Crippen LogP) is 2.25. The highest BCUT2D eigenvalue weighted by Gasteiger charge is 2.15. The Morgan fingerprint density at radius 3 is 3.10 bits per heavy atom. The van der Waals surface area contributed by atoms with Crippen LogP contribution < -0.4 is 5.32 Å². The van der Waals surface area contributed by atoms with E-state index >= 15 is 0 Å². The molecule has 1 saturated carbocycles. The third kappa shape index (κ3) is 2.99. The van der Waals surface area contributed by atoms with Crippen molar-refractivity contribution in [1.82, 2.24) is 15.5 Å². The number of H-pyrrole nitrogens is 1. The quantitative estimate of drug-likeness (QED) is 0.821. The molecule has 0 radical (unpaired) electrons. The number of nitrogens with one attached hydrogen (secondary N) is 2. The summed E-state index contributed by atoms with van der Waals surface area (Å²) in [7, 11) is 0. The summed E-state index contributed by atoms with van der Waals surface area (Å²) in [5.74, 6) is -0.0727. The van der Waals surface area contributed by atoms with Crippen molar-refractivity contribution in [2.75, 3.05) is 13.2 Å². The second kappa shape index (κ2) is 6.05. The average Bonchev–Trinajstić information content (AvgIpc) is 3.13. The van der Waals surface area contributed by atoms with Gasteiger partial charge >= 0.3 is 0 Å². The summed E-state index contributed by atoms with van der Waals surface area (Å²) in [5, 5.41) is 10.7. The molecule has 0 saturated heterocycles. The maximum absolute atomic E-state index is 12.0. The lowest BCUT2D eigenvalue weighted by Crippen LogP contribution is -2.28. The van der Waals surface area contributed by atoms with Crippen molar-refractivity contribution in [3.63, 3.8) is 0 Å². The van der Waals surface area contributed by atoms with Gasteiger partial charge in [-0.1, -0.05) is 18.9 Å². The first-order valence-corrected chi connectivity index (χ1v) is 7.16. The molecule has 2 N–H and O–H groups in total. The van der Waals surface area contributed by atoms with Gasteiger partial charge in [0.15, 0.2) is 0 Å². The van der Waals surface area contributed by atoms with E-state index in [1.54, 1.807) is 6.20 Å². The van der Waals surface area contributed by atoms with Crippen LogP contribution >= 0.6 is 0 Å². The number of amides is 1. The molecular formula is C15H19N3O2. The number of nitrogens with zero attached hydrogens (tertiary/aromatic N) is 1. The fourth-order valence-electron chi connectivity index (χ4n) is 2.63. The van der Waals surface area contributed by atoms with Crippen molar-refractivity contribution in [2.45, 2.75) is 31.8 Å². The number of rotatable bonds is 5. The summed E-state index contributed by atoms with van der Waals surface area (Å²) in [5.41, 5.74) is 1.52. The fourth-order valence-corrected chi connectivity index (χ4v) is 2.63. The first-order chi connectivity index (χ1) is 9.83. The van der Waals surface area contributed by atoms with Crippen molar-refractivity contribution in [3.8, 4) is 0 Å². The van der Waals surface area contributed by atoms with E-state index in [1.165, 1.54) is 12.8 Å². The molecular weight excluding hydrogens is 254 g/mol. The molecule has 1 amide bonds. The zero-order valence-corrected chi connectivity index (χ0v) is 11.4. The Hall–Kier alpha value is -1.88. The Bertz CT molecular complexity index is 588. The molecule has 3 rings (SSSR count). The Kier molecular flexibility index (Phi) is 3.97. The van der Waals surface area contributed by atoms with E-state index in [0.29, 0.717) is 24.8 Å². The van der Waals surface area contributed by atoms with Gasteiger partial charge in [-0.25, -0.2) is 0 Å². The number of ether oxygens (including phenoxy) is 1. The molecule has 0 aliphatic heterocycles. The van der Waals surface area contributed by atoms with Gasteiger partial charge in [0, 0.05) is 17.5 Å². The summed E-state index contributed by atoms with van der Waals surface area (Å²) in [4.78, 5) is 12.0. The first kappa shape index (κ1) is 13.1. The third-order valence-electron chi connectivity index (χ3n) is 3.75. The molecule has 5 heteroatoms.